The Morgan fingerprint density at radius 3 is 1.61 bits per heavy atom. The largest absolute Gasteiger partial charge is 0.481 e. The summed E-state index contributed by atoms with van der Waals surface area (Å²) in [6.07, 6.45) is 0.812. The van der Waals surface area contributed by atoms with Gasteiger partial charge in [-0.15, -0.1) is 23.8 Å². The lowest BCUT2D eigenvalue weighted by Gasteiger charge is -2.18. The minimum Gasteiger partial charge on any atom is -0.481 e. The second-order valence-corrected chi connectivity index (χ2v) is 11.1. The highest BCUT2D eigenvalue weighted by Crippen LogP contribution is 2.19. The molecule has 12 heteroatoms. The second-order valence-electron chi connectivity index (χ2n) is 11.1. The third-order valence-electron chi connectivity index (χ3n) is 6.52. The van der Waals surface area contributed by atoms with E-state index in [9.17, 15) is 24.0 Å². The smallest absolute Gasteiger partial charge is 0.323 e. The maximum atomic E-state index is 12.4. The van der Waals surface area contributed by atoms with E-state index in [0.29, 0.717) is 12.8 Å². The lowest BCUT2D eigenvalue weighted by atomic mass is 9.93. The molecule has 0 fully saturated rings. The second kappa shape index (κ2) is 24.7. The van der Waals surface area contributed by atoms with Gasteiger partial charge >= 0.3 is 29.8 Å². The first kappa shape index (κ1) is 40.5. The molecule has 256 valence electrons. The lowest BCUT2D eigenvalue weighted by molar-refractivity contribution is -0.158. The van der Waals surface area contributed by atoms with Crippen LogP contribution in [0.5, 0.6) is 0 Å². The first-order valence-corrected chi connectivity index (χ1v) is 15.1. The molecule has 0 aliphatic rings. The molecule has 0 aliphatic carbocycles. The van der Waals surface area contributed by atoms with Gasteiger partial charge in [-0.2, -0.15) is 0 Å². The molecule has 0 heterocycles. The number of halogens is 1. The summed E-state index contributed by atoms with van der Waals surface area (Å²) in [6, 6.07) is 18.2. The van der Waals surface area contributed by atoms with Gasteiger partial charge in [-0.25, -0.2) is 0 Å². The van der Waals surface area contributed by atoms with Crippen LogP contribution in [0.4, 0.5) is 0 Å². The van der Waals surface area contributed by atoms with Crippen molar-refractivity contribution in [3.05, 3.63) is 71.8 Å². The number of nitrogens with two attached hydrogens (primary N) is 1. The van der Waals surface area contributed by atoms with Crippen LogP contribution in [0.25, 0.3) is 0 Å². The van der Waals surface area contributed by atoms with Gasteiger partial charge in [-0.05, 0) is 35.8 Å². The number of hydrogen-bond donors (Lipinski definition) is 2. The number of ether oxygens (including phenoxy) is 4. The number of hydrogen-bond acceptors (Lipinski definition) is 10. The number of carbonyl (C=O) groups is 5. The number of carbonyl (C=O) groups excluding carboxylic acids is 4. The van der Waals surface area contributed by atoms with E-state index in [1.807, 2.05) is 88.4 Å². The molecule has 0 spiro atoms. The fourth-order valence-corrected chi connectivity index (χ4v) is 3.64. The van der Waals surface area contributed by atoms with Crippen LogP contribution in [0.1, 0.15) is 70.9 Å². The first-order chi connectivity index (χ1) is 22.4. The van der Waals surface area contributed by atoms with Crippen molar-refractivity contribution in [1.29, 1.82) is 0.594 Å². The predicted molar refractivity (Wildman–Crippen MR) is 182 cm³/mol. The third kappa shape index (κ3) is 19.8. The van der Waals surface area contributed by atoms with Gasteiger partial charge < -0.3 is 29.8 Å². The Balaban J connectivity index is 0.00000111. The lowest BCUT2D eigenvalue weighted by Crippen LogP contribution is -2.37. The number of rotatable bonds is 18. The van der Waals surface area contributed by atoms with Crippen molar-refractivity contribution >= 4 is 53.6 Å². The van der Waals surface area contributed by atoms with Crippen molar-refractivity contribution in [3.63, 3.8) is 0 Å². The summed E-state index contributed by atoms with van der Waals surface area (Å²) in [6.45, 7) is 7.97. The van der Waals surface area contributed by atoms with Crippen molar-refractivity contribution in [2.45, 2.75) is 79.1 Å². The highest BCUT2D eigenvalue weighted by Gasteiger charge is 2.27. The molecule has 0 radical (unpaired) electrons. The average molecular weight is 759 g/mol. The first-order valence-electron chi connectivity index (χ1n) is 15.5. The van der Waals surface area contributed by atoms with Crippen LogP contribution in [0.2, 0.25) is 0 Å². The predicted octanol–water partition coefficient (Wildman–Crippen LogP) is 5.45. The van der Waals surface area contributed by atoms with Gasteiger partial charge in [-0.1, -0.05) is 88.4 Å². The average Bonchev–Trinajstić information content (AvgIpc) is 3.07. The van der Waals surface area contributed by atoms with E-state index in [1.54, 1.807) is 0 Å². The van der Waals surface area contributed by atoms with Gasteiger partial charge in [0.15, 0.2) is 0 Å². The molecule has 0 bridgehead atoms. The minimum absolute atomic E-state index is 0.00416. The van der Waals surface area contributed by atoms with Crippen LogP contribution in [-0.4, -0.2) is 54.8 Å². The van der Waals surface area contributed by atoms with Crippen molar-refractivity contribution in [1.82, 2.24) is 0 Å². The molecule has 0 saturated heterocycles. The summed E-state index contributed by atoms with van der Waals surface area (Å²) in [5.74, 6) is -3.24. The Kier molecular flexibility index (Phi) is 21.7. The van der Waals surface area contributed by atoms with E-state index in [4.69, 9.17) is 30.4 Å². The summed E-state index contributed by atoms with van der Waals surface area (Å²) in [7, 11) is 0. The zero-order chi connectivity index (χ0) is 35.6. The van der Waals surface area contributed by atoms with Crippen LogP contribution in [-0.2, 0) is 56.1 Å². The quantitative estimate of drug-likeness (QED) is 0.0858. The molecule has 2 aromatic rings. The summed E-state index contributed by atoms with van der Waals surface area (Å²) in [5.41, 5.74) is 7.32. The third-order valence-corrected chi connectivity index (χ3v) is 6.52. The van der Waals surface area contributed by atoms with Crippen LogP contribution < -0.4 is 5.73 Å². The molecule has 0 unspecified atom stereocenters. The SMILES string of the molecule is CC(C)[C@H](CC(=O)OCc1ccccc1)C(=O)OCCCC(=O)OCc1ccccc1.CC(C)[C@H](N)C(=O)OCCCC(=O)O.[2H]I. The monoisotopic (exact) mass is 758 g/mol. The molecule has 0 aliphatic heterocycles. The molecule has 2 atom stereocenters. The topological polar surface area (TPSA) is 169 Å². The Bertz CT molecular complexity index is 1180. The van der Waals surface area contributed by atoms with Crippen molar-refractivity contribution in [2.24, 2.45) is 23.5 Å². The summed E-state index contributed by atoms with van der Waals surface area (Å²) in [4.78, 5) is 57.6. The van der Waals surface area contributed by atoms with Gasteiger partial charge in [0.1, 0.15) is 19.8 Å². The Labute approximate surface area is 289 Å². The zero-order valence-corrected chi connectivity index (χ0v) is 29.2. The summed E-state index contributed by atoms with van der Waals surface area (Å²) in [5, 5.41) is 8.31. The van der Waals surface area contributed by atoms with Crippen molar-refractivity contribution in [3.8, 4) is 0 Å². The summed E-state index contributed by atoms with van der Waals surface area (Å²) < 4.78 is 26.3. The maximum absolute atomic E-state index is 12.4. The van der Waals surface area contributed by atoms with E-state index in [1.165, 1.54) is 23.8 Å². The molecule has 2 aromatic carbocycles. The normalized spacial score (nSPS) is 11.8. The number of aliphatic carboxylic acids is 1. The van der Waals surface area contributed by atoms with E-state index >= 15 is 0 Å². The highest BCUT2D eigenvalue weighted by molar-refractivity contribution is 14.0. The number of carboxylic acid groups (broad SMARTS) is 1. The van der Waals surface area contributed by atoms with E-state index in [0.717, 1.165) is 11.1 Å². The summed E-state index contributed by atoms with van der Waals surface area (Å²) >= 11 is 1.40. The molecular formula is C34H48INO10. The minimum atomic E-state index is -0.894. The van der Waals surface area contributed by atoms with Crippen molar-refractivity contribution in [2.75, 3.05) is 13.2 Å². The van der Waals surface area contributed by atoms with Gasteiger partial charge in [0.25, 0.3) is 0 Å². The highest BCUT2D eigenvalue weighted by atomic mass is 127. The van der Waals surface area contributed by atoms with Gasteiger partial charge in [0.2, 0.25) is 0 Å². The molecule has 11 nitrogen and oxygen atoms in total. The Morgan fingerprint density at radius 1 is 0.696 bits per heavy atom. The van der Waals surface area contributed by atoms with Gasteiger partial charge in [0.05, 0.1) is 25.6 Å². The Morgan fingerprint density at radius 2 is 1.15 bits per heavy atom. The molecule has 2 rings (SSSR count). The van der Waals surface area contributed by atoms with E-state index < -0.39 is 35.8 Å². The van der Waals surface area contributed by atoms with Gasteiger partial charge in [0, 0.05) is 12.8 Å². The fourth-order valence-electron chi connectivity index (χ4n) is 3.64. The standard InChI is InChI=1S/C25H30O6.C9H17NO4.HI/c1-19(2)22(16-24(27)31-18-21-12-7-4-8-13-21)25(28)29-15-9-14-23(26)30-17-20-10-5-3-6-11-20;1-6(2)8(10)9(13)14-5-3-4-7(11)12;/h3-8,10-13,19,22H,9,14-18H2,1-2H3;6,8H,3-5,10H2,1-2H3,(H,11,12);1H/t22-;8-;/m00./s1/i/hD. The van der Waals surface area contributed by atoms with E-state index in [-0.39, 0.29) is 63.5 Å². The van der Waals surface area contributed by atoms with Crippen LogP contribution >= 0.6 is 23.8 Å². The van der Waals surface area contributed by atoms with Crippen LogP contribution in [0.3, 0.4) is 0 Å². The molecule has 0 amide bonds. The van der Waals surface area contributed by atoms with Crippen LogP contribution in [0, 0.1) is 17.8 Å². The van der Waals surface area contributed by atoms with Crippen molar-refractivity contribution < 1.29 is 48.0 Å². The molecule has 0 saturated carbocycles. The molecule has 3 N–H and O–H groups in total. The maximum Gasteiger partial charge on any atom is 0.323 e. The zero-order valence-electron chi connectivity index (χ0n) is 28.0. The van der Waals surface area contributed by atoms with Gasteiger partial charge in [-0.3, -0.25) is 24.0 Å². The number of esters is 4. The number of carboxylic acids is 1. The fraction of sp³-hybridized carbons (Fsp3) is 0.500. The molecular weight excluding hydrogens is 709 g/mol. The van der Waals surface area contributed by atoms with Crippen LogP contribution in [0.15, 0.2) is 60.7 Å². The number of benzene rings is 2. The van der Waals surface area contributed by atoms with E-state index in [2.05, 4.69) is 0 Å². The molecule has 0 aromatic heterocycles. The Hall–Kier alpha value is -3.52. The molecule has 46 heavy (non-hydrogen) atoms.